The summed E-state index contributed by atoms with van der Waals surface area (Å²) in [5, 5.41) is 0. The first-order chi connectivity index (χ1) is 9.45. The van der Waals surface area contributed by atoms with Crippen molar-refractivity contribution in [2.45, 2.75) is 24.7 Å². The fourth-order valence-electron chi connectivity index (χ4n) is 2.39. The van der Waals surface area contributed by atoms with Crippen molar-refractivity contribution in [3.8, 4) is 0 Å². The molecule has 0 radical (unpaired) electrons. The maximum atomic E-state index is 12.5. The Hall–Kier alpha value is -1.40. The average Bonchev–Trinajstić information content (AvgIpc) is 2.46. The number of carbonyl (C=O) groups excluding carboxylic acids is 1. The van der Waals surface area contributed by atoms with E-state index in [4.69, 9.17) is 0 Å². The van der Waals surface area contributed by atoms with Crippen LogP contribution >= 0.6 is 0 Å². The maximum absolute atomic E-state index is 12.5. The fraction of sp³-hybridized carbons (Fsp3) is 0.500. The third-order valence-electron chi connectivity index (χ3n) is 3.53. The van der Waals surface area contributed by atoms with Crippen LogP contribution in [0.5, 0.6) is 0 Å². The van der Waals surface area contributed by atoms with E-state index < -0.39 is 16.0 Å². The molecule has 1 fully saturated rings. The van der Waals surface area contributed by atoms with Crippen LogP contribution in [0.4, 0.5) is 0 Å². The Labute approximate surface area is 119 Å². The summed E-state index contributed by atoms with van der Waals surface area (Å²) in [5.41, 5.74) is 0.346. The van der Waals surface area contributed by atoms with Gasteiger partial charge in [0.05, 0.1) is 17.6 Å². The molecule has 6 heteroatoms. The summed E-state index contributed by atoms with van der Waals surface area (Å²) < 4.78 is 31.1. The molecule has 110 valence electrons. The number of hydrogen-bond acceptors (Lipinski definition) is 4. The molecule has 20 heavy (non-hydrogen) atoms. The molecule has 1 heterocycles. The number of sulfonamides is 1. The summed E-state index contributed by atoms with van der Waals surface area (Å²) in [5.74, 6) is -0.0894. The molecule has 1 aliphatic heterocycles. The lowest BCUT2D eigenvalue weighted by Crippen LogP contribution is -2.39. The van der Waals surface area contributed by atoms with Gasteiger partial charge in [-0.1, -0.05) is 6.92 Å². The highest BCUT2D eigenvalue weighted by Crippen LogP contribution is 2.23. The quantitative estimate of drug-likeness (QED) is 0.799. The van der Waals surface area contributed by atoms with Gasteiger partial charge in [-0.15, -0.1) is 0 Å². The number of ether oxygens (including phenoxy) is 1. The molecular weight excluding hydrogens is 278 g/mol. The van der Waals surface area contributed by atoms with E-state index in [9.17, 15) is 13.2 Å². The van der Waals surface area contributed by atoms with E-state index in [2.05, 4.69) is 11.7 Å². The topological polar surface area (TPSA) is 63.7 Å². The second-order valence-electron chi connectivity index (χ2n) is 5.13. The van der Waals surface area contributed by atoms with Crippen LogP contribution < -0.4 is 0 Å². The lowest BCUT2D eigenvalue weighted by atomic mass is 10.0. The third kappa shape index (κ3) is 3.02. The van der Waals surface area contributed by atoms with Crippen molar-refractivity contribution in [3.05, 3.63) is 29.8 Å². The van der Waals surface area contributed by atoms with Gasteiger partial charge >= 0.3 is 5.97 Å². The SMILES string of the molecule is COC(=O)c1ccc(S(=O)(=O)N2CCC[C@@H](C)C2)cc1. The van der Waals surface area contributed by atoms with E-state index in [1.54, 1.807) is 0 Å². The minimum absolute atomic E-state index is 0.222. The van der Waals surface area contributed by atoms with Crippen LogP contribution in [0.1, 0.15) is 30.1 Å². The van der Waals surface area contributed by atoms with Crippen molar-refractivity contribution in [2.75, 3.05) is 20.2 Å². The van der Waals surface area contributed by atoms with E-state index >= 15 is 0 Å². The minimum Gasteiger partial charge on any atom is -0.465 e. The summed E-state index contributed by atoms with van der Waals surface area (Å²) in [6, 6.07) is 5.87. The van der Waals surface area contributed by atoms with E-state index in [1.165, 1.54) is 35.7 Å². The molecule has 0 bridgehead atoms. The molecule has 0 aromatic heterocycles. The molecule has 0 amide bonds. The van der Waals surface area contributed by atoms with Crippen LogP contribution in [-0.4, -0.2) is 38.9 Å². The standard InChI is InChI=1S/C14H19NO4S/c1-11-4-3-9-15(10-11)20(17,18)13-7-5-12(6-8-13)14(16)19-2/h5-8,11H,3-4,9-10H2,1-2H3/t11-/m1/s1. The van der Waals surface area contributed by atoms with Crippen molar-refractivity contribution < 1.29 is 17.9 Å². The molecule has 0 unspecified atom stereocenters. The molecule has 0 spiro atoms. The van der Waals surface area contributed by atoms with Gasteiger partial charge in [0, 0.05) is 13.1 Å². The van der Waals surface area contributed by atoms with Crippen molar-refractivity contribution in [3.63, 3.8) is 0 Å². The molecule has 2 rings (SSSR count). The van der Waals surface area contributed by atoms with Crippen LogP contribution in [0.3, 0.4) is 0 Å². The Morgan fingerprint density at radius 1 is 1.30 bits per heavy atom. The number of carbonyl (C=O) groups is 1. The lowest BCUT2D eigenvalue weighted by Gasteiger charge is -2.30. The first kappa shape index (κ1) is 15.0. The largest absolute Gasteiger partial charge is 0.465 e. The number of esters is 1. The van der Waals surface area contributed by atoms with Gasteiger partial charge in [0.15, 0.2) is 0 Å². The van der Waals surface area contributed by atoms with Gasteiger partial charge in [-0.2, -0.15) is 4.31 Å². The van der Waals surface area contributed by atoms with Gasteiger partial charge in [0.25, 0.3) is 0 Å². The highest BCUT2D eigenvalue weighted by molar-refractivity contribution is 7.89. The molecule has 1 aliphatic rings. The normalized spacial score (nSPS) is 20.6. The van der Waals surface area contributed by atoms with Crippen molar-refractivity contribution in [2.24, 2.45) is 5.92 Å². The van der Waals surface area contributed by atoms with E-state index in [0.717, 1.165) is 12.8 Å². The van der Waals surface area contributed by atoms with Crippen LogP contribution in [-0.2, 0) is 14.8 Å². The van der Waals surface area contributed by atoms with Gasteiger partial charge in [-0.05, 0) is 43.0 Å². The summed E-state index contributed by atoms with van der Waals surface area (Å²) in [6.07, 6.45) is 1.95. The zero-order valence-corrected chi connectivity index (χ0v) is 12.5. The van der Waals surface area contributed by atoms with Crippen molar-refractivity contribution in [1.29, 1.82) is 0 Å². The van der Waals surface area contributed by atoms with E-state index in [-0.39, 0.29) is 4.90 Å². The van der Waals surface area contributed by atoms with Gasteiger partial charge in [-0.25, -0.2) is 13.2 Å². The molecule has 1 saturated heterocycles. The summed E-state index contributed by atoms with van der Waals surface area (Å²) >= 11 is 0. The van der Waals surface area contributed by atoms with Gasteiger partial charge in [0.1, 0.15) is 0 Å². The highest BCUT2D eigenvalue weighted by Gasteiger charge is 2.28. The zero-order valence-electron chi connectivity index (χ0n) is 11.7. The molecular formula is C14H19NO4S. The number of hydrogen-bond donors (Lipinski definition) is 0. The second-order valence-corrected chi connectivity index (χ2v) is 7.06. The Kier molecular flexibility index (Phi) is 4.45. The number of rotatable bonds is 3. The van der Waals surface area contributed by atoms with Gasteiger partial charge < -0.3 is 4.74 Å². The van der Waals surface area contributed by atoms with Crippen molar-refractivity contribution in [1.82, 2.24) is 4.31 Å². The average molecular weight is 297 g/mol. The Balaban J connectivity index is 2.23. The van der Waals surface area contributed by atoms with Crippen LogP contribution in [0.2, 0.25) is 0 Å². The van der Waals surface area contributed by atoms with Crippen LogP contribution in [0.15, 0.2) is 29.2 Å². The minimum atomic E-state index is -3.46. The Bertz CT molecular complexity index is 580. The Morgan fingerprint density at radius 3 is 2.50 bits per heavy atom. The third-order valence-corrected chi connectivity index (χ3v) is 5.41. The summed E-state index contributed by atoms with van der Waals surface area (Å²) in [6.45, 7) is 3.18. The lowest BCUT2D eigenvalue weighted by molar-refractivity contribution is 0.0600. The molecule has 1 aromatic carbocycles. The first-order valence-corrected chi connectivity index (χ1v) is 8.07. The maximum Gasteiger partial charge on any atom is 0.337 e. The predicted octanol–water partition coefficient (Wildman–Crippen LogP) is 1.89. The summed E-state index contributed by atoms with van der Waals surface area (Å²) in [7, 11) is -2.17. The first-order valence-electron chi connectivity index (χ1n) is 6.63. The van der Waals surface area contributed by atoms with Crippen molar-refractivity contribution >= 4 is 16.0 Å². The molecule has 5 nitrogen and oxygen atoms in total. The van der Waals surface area contributed by atoms with E-state index in [1.807, 2.05) is 0 Å². The molecule has 1 aromatic rings. The van der Waals surface area contributed by atoms with Gasteiger partial charge in [-0.3, -0.25) is 0 Å². The monoisotopic (exact) mass is 297 g/mol. The fourth-order valence-corrected chi connectivity index (χ4v) is 3.99. The Morgan fingerprint density at radius 2 is 1.95 bits per heavy atom. The summed E-state index contributed by atoms with van der Waals surface area (Å²) in [4.78, 5) is 11.6. The van der Waals surface area contributed by atoms with E-state index in [0.29, 0.717) is 24.6 Å². The second kappa shape index (κ2) is 5.93. The predicted molar refractivity (Wildman–Crippen MR) is 74.9 cm³/mol. The zero-order chi connectivity index (χ0) is 14.8. The number of nitrogens with zero attached hydrogens (tertiary/aromatic N) is 1. The number of piperidine rings is 1. The molecule has 0 aliphatic carbocycles. The molecule has 1 atom stereocenters. The molecule has 0 saturated carbocycles. The molecule has 0 N–H and O–H groups in total. The van der Waals surface area contributed by atoms with Crippen LogP contribution in [0.25, 0.3) is 0 Å². The van der Waals surface area contributed by atoms with Gasteiger partial charge in [0.2, 0.25) is 10.0 Å². The highest BCUT2D eigenvalue weighted by atomic mass is 32.2. The van der Waals surface area contributed by atoms with Crippen LogP contribution in [0, 0.1) is 5.92 Å². The number of methoxy groups -OCH3 is 1. The number of benzene rings is 1. The smallest absolute Gasteiger partial charge is 0.337 e.